The number of carbonyl (C=O) groups is 1. The molecule has 36 heavy (non-hydrogen) atoms. The molecule has 0 amide bonds. The Labute approximate surface area is 218 Å². The van der Waals surface area contributed by atoms with Crippen molar-refractivity contribution in [2.45, 2.75) is 65.5 Å². The normalized spacial score (nSPS) is 15.5. The fraction of sp³-hybridized carbons (Fsp3) is 0.577. The van der Waals surface area contributed by atoms with Crippen molar-refractivity contribution in [3.63, 3.8) is 0 Å². The van der Waals surface area contributed by atoms with E-state index in [4.69, 9.17) is 16.3 Å². The molecule has 0 radical (unpaired) electrons. The van der Waals surface area contributed by atoms with Gasteiger partial charge in [-0.3, -0.25) is 14.9 Å². The lowest BCUT2D eigenvalue weighted by Gasteiger charge is -2.43. The molecule has 1 aliphatic rings. The Morgan fingerprint density at radius 3 is 2.36 bits per heavy atom. The SMILES string of the molecule is C=N/C(CCC)=C(/CC)C(=NCc1cccc(C(F)F)c1F)NCCl.CC.COC1(C=O)CN(C)C1. The van der Waals surface area contributed by atoms with Crippen molar-refractivity contribution in [1.29, 1.82) is 0 Å². The zero-order chi connectivity index (χ0) is 27.7. The molecule has 0 saturated carbocycles. The molecule has 1 heterocycles. The van der Waals surface area contributed by atoms with E-state index < -0.39 is 23.4 Å². The van der Waals surface area contributed by atoms with Gasteiger partial charge < -0.3 is 14.8 Å². The van der Waals surface area contributed by atoms with Crippen molar-refractivity contribution in [2.75, 3.05) is 33.3 Å². The van der Waals surface area contributed by atoms with Gasteiger partial charge in [-0.15, -0.1) is 11.6 Å². The second-order valence-corrected chi connectivity index (χ2v) is 8.11. The van der Waals surface area contributed by atoms with Crippen LogP contribution in [0.5, 0.6) is 0 Å². The highest BCUT2D eigenvalue weighted by molar-refractivity contribution is 6.19. The number of hydrogen-bond donors (Lipinski definition) is 1. The number of nitrogens with one attached hydrogen (secondary N) is 1. The van der Waals surface area contributed by atoms with Gasteiger partial charge in [0.1, 0.15) is 17.3 Å². The van der Waals surface area contributed by atoms with Crippen molar-refractivity contribution >= 4 is 30.4 Å². The highest BCUT2D eigenvalue weighted by atomic mass is 35.5. The number of alkyl halides is 3. The van der Waals surface area contributed by atoms with E-state index in [1.807, 2.05) is 39.6 Å². The molecule has 0 aromatic heterocycles. The molecule has 1 N–H and O–H groups in total. The van der Waals surface area contributed by atoms with Crippen molar-refractivity contribution in [2.24, 2.45) is 9.98 Å². The molecule has 6 nitrogen and oxygen atoms in total. The first-order chi connectivity index (χ1) is 17.2. The van der Waals surface area contributed by atoms with Crippen LogP contribution in [-0.2, 0) is 16.1 Å². The number of hydrogen-bond acceptors (Lipinski definition) is 5. The second kappa shape index (κ2) is 18.1. The molecule has 0 bridgehead atoms. The van der Waals surface area contributed by atoms with Gasteiger partial charge in [-0.05, 0) is 26.6 Å². The Kier molecular flexibility index (Phi) is 17.0. The number of allylic oxidation sites excluding steroid dienone is 1. The smallest absolute Gasteiger partial charge is 0.266 e. The summed E-state index contributed by atoms with van der Waals surface area (Å²) in [6, 6.07) is 4.02. The van der Waals surface area contributed by atoms with E-state index in [1.54, 1.807) is 7.11 Å². The second-order valence-electron chi connectivity index (χ2n) is 7.84. The quantitative estimate of drug-likeness (QED) is 0.122. The minimum absolute atomic E-state index is 0.0777. The summed E-state index contributed by atoms with van der Waals surface area (Å²) in [5, 5.41) is 2.93. The van der Waals surface area contributed by atoms with E-state index in [9.17, 15) is 18.0 Å². The number of likely N-dealkylation sites (N-methyl/N-ethyl adjacent to an activating group) is 1. The maximum absolute atomic E-state index is 14.2. The van der Waals surface area contributed by atoms with Crippen molar-refractivity contribution < 1.29 is 22.7 Å². The van der Waals surface area contributed by atoms with Crippen LogP contribution in [0.2, 0.25) is 0 Å². The van der Waals surface area contributed by atoms with Crippen LogP contribution in [-0.4, -0.2) is 62.6 Å². The summed E-state index contributed by atoms with van der Waals surface area (Å²) in [4.78, 5) is 20.8. The van der Waals surface area contributed by atoms with E-state index in [1.165, 1.54) is 12.1 Å². The lowest BCUT2D eigenvalue weighted by Crippen LogP contribution is -2.62. The summed E-state index contributed by atoms with van der Waals surface area (Å²) in [6.45, 7) is 12.9. The molecule has 1 fully saturated rings. The van der Waals surface area contributed by atoms with Gasteiger partial charge in [-0.1, -0.05) is 52.3 Å². The first-order valence-electron chi connectivity index (χ1n) is 12.0. The molecule has 0 atom stereocenters. The van der Waals surface area contributed by atoms with E-state index in [0.717, 1.165) is 49.6 Å². The van der Waals surface area contributed by atoms with E-state index in [2.05, 4.69) is 22.0 Å². The average molecular weight is 533 g/mol. The summed E-state index contributed by atoms with van der Waals surface area (Å²) >= 11 is 5.77. The highest BCUT2D eigenvalue weighted by Gasteiger charge is 2.40. The number of aldehydes is 1. The first kappa shape index (κ1) is 33.8. The Bertz CT molecular complexity index is 873. The lowest BCUT2D eigenvalue weighted by atomic mass is 9.97. The van der Waals surface area contributed by atoms with Gasteiger partial charge in [0.2, 0.25) is 0 Å². The minimum atomic E-state index is -2.86. The molecule has 204 valence electrons. The first-order valence-corrected chi connectivity index (χ1v) is 12.5. The highest BCUT2D eigenvalue weighted by Crippen LogP contribution is 2.25. The third kappa shape index (κ3) is 10.0. The van der Waals surface area contributed by atoms with Crippen LogP contribution in [0, 0.1) is 5.82 Å². The zero-order valence-corrected chi connectivity index (χ0v) is 23.0. The van der Waals surface area contributed by atoms with Crippen LogP contribution in [0.3, 0.4) is 0 Å². The number of amidine groups is 1. The Balaban J connectivity index is 0.000000922. The predicted molar refractivity (Wildman–Crippen MR) is 143 cm³/mol. The van der Waals surface area contributed by atoms with E-state index in [-0.39, 0.29) is 18.1 Å². The molecule has 10 heteroatoms. The van der Waals surface area contributed by atoms with Crippen LogP contribution >= 0.6 is 11.6 Å². The van der Waals surface area contributed by atoms with Crippen LogP contribution in [0.4, 0.5) is 13.2 Å². The molecule has 1 saturated heterocycles. The predicted octanol–water partition coefficient (Wildman–Crippen LogP) is 6.15. The third-order valence-electron chi connectivity index (χ3n) is 5.35. The van der Waals surface area contributed by atoms with E-state index in [0.29, 0.717) is 12.3 Å². The number of nitrogens with zero attached hydrogens (tertiary/aromatic N) is 3. The number of benzene rings is 1. The van der Waals surface area contributed by atoms with E-state index >= 15 is 0 Å². The summed E-state index contributed by atoms with van der Waals surface area (Å²) < 4.78 is 44.8. The molecule has 0 aliphatic carbocycles. The molecule has 1 aromatic carbocycles. The Morgan fingerprint density at radius 2 is 1.97 bits per heavy atom. The van der Waals surface area contributed by atoms with Gasteiger partial charge >= 0.3 is 0 Å². The molecule has 1 aliphatic heterocycles. The summed E-state index contributed by atoms with van der Waals surface area (Å²) in [5.74, 6) is -0.445. The number of methoxy groups -OCH3 is 1. The number of rotatable bonds is 11. The standard InChI is InChI=1S/C18H23ClF3N3.C6H11NO2.C2H6/c1-4-7-15(23-3)13(5-2)18(25-11-19)24-10-12-8-6-9-14(16(12)20)17(21)22;1-7-3-6(4-7,5-8)9-2;1-2/h6,8-9,17H,3-5,7,10-11H2,1-2H3,(H,24,25);5H,3-4H2,1-2H3;1-2H3/b15-13-;;. The minimum Gasteiger partial charge on any atom is -0.368 e. The Hall–Kier alpha value is -2.23. The molecule has 2 rings (SSSR count). The summed E-state index contributed by atoms with van der Waals surface area (Å²) in [5.41, 5.74) is 0.636. The van der Waals surface area contributed by atoms with Crippen molar-refractivity contribution in [1.82, 2.24) is 10.2 Å². The van der Waals surface area contributed by atoms with Crippen LogP contribution in [0.15, 0.2) is 39.5 Å². The van der Waals surface area contributed by atoms with Crippen molar-refractivity contribution in [3.8, 4) is 0 Å². The third-order valence-corrected chi connectivity index (χ3v) is 5.48. The summed E-state index contributed by atoms with van der Waals surface area (Å²) in [7, 11) is 3.53. The number of carbonyl (C=O) groups excluding carboxylic acids is 1. The number of likely N-dealkylation sites (tertiary alicyclic amines) is 1. The van der Waals surface area contributed by atoms with Crippen molar-refractivity contribution in [3.05, 3.63) is 46.4 Å². The fourth-order valence-corrected chi connectivity index (χ4v) is 3.69. The van der Waals surface area contributed by atoms with Gasteiger partial charge in [0.05, 0.1) is 18.1 Å². The van der Waals surface area contributed by atoms with Gasteiger partial charge in [-0.2, -0.15) is 0 Å². The van der Waals surface area contributed by atoms with Gasteiger partial charge in [-0.25, -0.2) is 13.2 Å². The number of halogens is 4. The molecular weight excluding hydrogens is 493 g/mol. The Morgan fingerprint density at radius 1 is 1.33 bits per heavy atom. The van der Waals surface area contributed by atoms with Crippen LogP contribution < -0.4 is 5.32 Å². The molecule has 0 unspecified atom stereocenters. The largest absolute Gasteiger partial charge is 0.368 e. The summed E-state index contributed by atoms with van der Waals surface area (Å²) in [6.07, 6.45) is 0.266. The van der Waals surface area contributed by atoms with Gasteiger partial charge in [0.25, 0.3) is 6.43 Å². The van der Waals surface area contributed by atoms with Crippen LogP contribution in [0.1, 0.15) is 64.5 Å². The molecule has 1 aromatic rings. The fourth-order valence-electron chi connectivity index (χ4n) is 3.57. The number of aliphatic imine (C=N–C) groups is 2. The molecular formula is C26H40ClF3N4O2. The monoisotopic (exact) mass is 532 g/mol. The topological polar surface area (TPSA) is 66.3 Å². The molecule has 0 spiro atoms. The maximum Gasteiger partial charge on any atom is 0.266 e. The van der Waals surface area contributed by atoms with Gasteiger partial charge in [0, 0.05) is 37.0 Å². The lowest BCUT2D eigenvalue weighted by molar-refractivity contribution is -0.148. The zero-order valence-electron chi connectivity index (χ0n) is 22.2. The number of ether oxygens (including phenoxy) is 1. The van der Waals surface area contributed by atoms with Gasteiger partial charge in [0.15, 0.2) is 6.29 Å². The average Bonchev–Trinajstić information content (AvgIpc) is 2.87. The maximum atomic E-state index is 14.2. The van der Waals surface area contributed by atoms with Crippen LogP contribution in [0.25, 0.3) is 0 Å².